The van der Waals surface area contributed by atoms with Gasteiger partial charge < -0.3 is 15.1 Å². The molecule has 0 saturated carbocycles. The summed E-state index contributed by atoms with van der Waals surface area (Å²) in [6, 6.07) is 29.6. The van der Waals surface area contributed by atoms with Gasteiger partial charge in [0.15, 0.2) is 0 Å². The predicted octanol–water partition coefficient (Wildman–Crippen LogP) is -7.92. The van der Waals surface area contributed by atoms with E-state index >= 15 is 0 Å². The van der Waals surface area contributed by atoms with Crippen LogP contribution in [0.5, 0.6) is 0 Å². The van der Waals surface area contributed by atoms with Crippen LogP contribution in [0.15, 0.2) is 84.9 Å². The van der Waals surface area contributed by atoms with Crippen molar-refractivity contribution >= 4 is 7.32 Å². The molecule has 7 heteroatoms. The van der Waals surface area contributed by atoms with E-state index in [0.29, 0.717) is 0 Å². The molecule has 0 amide bonds. The van der Waals surface area contributed by atoms with E-state index in [-0.39, 0.29) is 56.6 Å². The average Bonchev–Trinajstić information content (AvgIpc) is 2.56. The molecule has 110 valence electrons. The zero-order chi connectivity index (χ0) is 15.8. The molecule has 0 heterocycles. The van der Waals surface area contributed by atoms with Crippen molar-refractivity contribution in [2.75, 3.05) is 0 Å². The molecular weight excluding hydrogens is 296 g/mol. The van der Waals surface area contributed by atoms with E-state index in [1.807, 2.05) is 0 Å². The summed E-state index contributed by atoms with van der Waals surface area (Å²) in [7, 11) is -2.92. The van der Waals surface area contributed by atoms with Gasteiger partial charge in [0.2, 0.25) is 0 Å². The Morgan fingerprint density at radius 1 is 0.440 bits per heavy atom. The van der Waals surface area contributed by atoms with Crippen molar-refractivity contribution in [3.63, 3.8) is 0 Å². The van der Waals surface area contributed by atoms with Gasteiger partial charge in [0.1, 0.15) is 0 Å². The first-order valence-corrected chi connectivity index (χ1v) is 6.86. The van der Waals surface area contributed by atoms with Crippen molar-refractivity contribution in [2.24, 2.45) is 0 Å². The van der Waals surface area contributed by atoms with Crippen molar-refractivity contribution in [1.82, 2.24) is 0 Å². The Hall–Kier alpha value is -0.603. The first-order valence-electron chi connectivity index (χ1n) is 6.86. The van der Waals surface area contributed by atoms with Crippen molar-refractivity contribution in [3.05, 3.63) is 84.9 Å². The smallest absolute Gasteiger partial charge is 0.907 e. The number of hydrogen-bond acceptors (Lipinski definition) is 3. The van der Waals surface area contributed by atoms with Gasteiger partial charge in [-0.2, -0.15) is 0 Å². The molecule has 3 aromatic carbocycles. The first-order chi connectivity index (χ1) is 10.7. The van der Waals surface area contributed by atoms with Crippen LogP contribution in [-0.2, 0) is 0 Å². The second-order valence-corrected chi connectivity index (χ2v) is 4.57. The zero-order valence-electron chi connectivity index (χ0n) is 14.9. The number of hydrogen-bond donors (Lipinski definition) is 0. The van der Waals surface area contributed by atoms with Gasteiger partial charge >= 0.3 is 56.6 Å². The summed E-state index contributed by atoms with van der Waals surface area (Å²) in [5, 5.41) is 25.2. The third kappa shape index (κ3) is 9.05. The van der Waals surface area contributed by atoms with Crippen molar-refractivity contribution in [2.45, 2.75) is 0 Å². The maximum Gasteiger partial charge on any atom is 1.00 e. The van der Waals surface area contributed by atoms with Gasteiger partial charge in [-0.05, 0) is 22.3 Å². The fraction of sp³-hybridized carbons (Fsp3) is 0. The Morgan fingerprint density at radius 2 is 0.680 bits per heavy atom. The summed E-state index contributed by atoms with van der Waals surface area (Å²) in [4.78, 5) is 0. The normalized spacial score (nSPS) is 8.44. The Kier molecular flexibility index (Phi) is 15.5. The third-order valence-corrected chi connectivity index (χ3v) is 3.10. The number of rotatable bonds is 2. The maximum atomic E-state index is 8.42. The minimum Gasteiger partial charge on any atom is -0.907 e. The summed E-state index contributed by atoms with van der Waals surface area (Å²) in [5.74, 6) is 0. The van der Waals surface area contributed by atoms with Gasteiger partial charge in [0.05, 0.1) is 0 Å². The predicted molar refractivity (Wildman–Crippen MR) is 83.1 cm³/mol. The van der Waals surface area contributed by atoms with E-state index in [2.05, 4.69) is 84.9 Å². The molecule has 25 heavy (non-hydrogen) atoms. The van der Waals surface area contributed by atoms with Crippen LogP contribution < -0.4 is 71.7 Å². The minimum atomic E-state index is -2.92. The Morgan fingerprint density at radius 3 is 0.960 bits per heavy atom. The summed E-state index contributed by atoms with van der Waals surface area (Å²) >= 11 is 0. The van der Waals surface area contributed by atoms with E-state index in [1.165, 1.54) is 22.3 Å². The van der Waals surface area contributed by atoms with Gasteiger partial charge in [0.25, 0.3) is 0 Å². The minimum absolute atomic E-state index is 0. The fourth-order valence-corrected chi connectivity index (χ4v) is 2.22. The maximum absolute atomic E-state index is 8.42. The molecule has 0 atom stereocenters. The second-order valence-electron chi connectivity index (χ2n) is 4.57. The first kappa shape index (κ1) is 26.6. The molecule has 0 aromatic heterocycles. The van der Waals surface area contributed by atoms with Gasteiger partial charge in [-0.25, -0.2) is 0 Å². The van der Waals surface area contributed by atoms with Crippen molar-refractivity contribution < 1.29 is 71.7 Å². The fourth-order valence-electron chi connectivity index (χ4n) is 2.22. The molecule has 0 aliphatic carbocycles. The van der Waals surface area contributed by atoms with Gasteiger partial charge in [-0.3, -0.25) is 7.32 Å². The summed E-state index contributed by atoms with van der Waals surface area (Å²) in [6.07, 6.45) is 0. The Labute approximate surface area is 185 Å². The molecule has 3 rings (SSSR count). The van der Waals surface area contributed by atoms with Crippen molar-refractivity contribution in [1.29, 1.82) is 0 Å². The van der Waals surface area contributed by atoms with E-state index < -0.39 is 7.32 Å². The molecule has 0 fully saturated rings. The van der Waals surface area contributed by atoms with Gasteiger partial charge in [0, 0.05) is 0 Å². The Balaban J connectivity index is 0. The molecule has 0 saturated heterocycles. The van der Waals surface area contributed by atoms with Crippen LogP contribution in [0.1, 0.15) is 0 Å². The van der Waals surface area contributed by atoms with Crippen LogP contribution in [0, 0.1) is 0 Å². The molecule has 3 aromatic rings. The quantitative estimate of drug-likeness (QED) is 0.442. The average molecular weight is 310 g/mol. The third-order valence-electron chi connectivity index (χ3n) is 3.10. The molecule has 0 aliphatic rings. The molecule has 0 radical (unpaired) electrons. The van der Waals surface area contributed by atoms with Crippen LogP contribution in [0.2, 0.25) is 0 Å². The van der Waals surface area contributed by atoms with Crippen LogP contribution in [0.25, 0.3) is 22.3 Å². The number of benzene rings is 3. The van der Waals surface area contributed by atoms with E-state index in [1.54, 1.807) is 0 Å². The van der Waals surface area contributed by atoms with E-state index in [0.717, 1.165) is 0 Å². The van der Waals surface area contributed by atoms with Crippen LogP contribution in [0.4, 0.5) is 0 Å². The van der Waals surface area contributed by atoms with Crippen LogP contribution in [-0.4, -0.2) is 7.32 Å². The van der Waals surface area contributed by atoms with Crippen molar-refractivity contribution in [3.8, 4) is 22.3 Å². The van der Waals surface area contributed by atoms with Crippen LogP contribution in [0.3, 0.4) is 0 Å². The molecule has 3 nitrogen and oxygen atoms in total. The van der Waals surface area contributed by atoms with E-state index in [4.69, 9.17) is 15.1 Å². The molecule has 0 spiro atoms. The molecular formula is C18H14BLi3O3. The second kappa shape index (κ2) is 14.6. The zero-order valence-corrected chi connectivity index (χ0v) is 14.9. The van der Waals surface area contributed by atoms with E-state index in [9.17, 15) is 0 Å². The largest absolute Gasteiger partial charge is 1.00 e. The molecule has 0 N–H and O–H groups in total. The Bertz CT molecular complexity index is 637. The summed E-state index contributed by atoms with van der Waals surface area (Å²) in [5.41, 5.74) is 5.09. The molecule has 0 unspecified atom stereocenters. The van der Waals surface area contributed by atoms with Gasteiger partial charge in [-0.15, -0.1) is 0 Å². The molecule has 0 aliphatic heterocycles. The summed E-state index contributed by atoms with van der Waals surface area (Å²) in [6.45, 7) is 0. The topological polar surface area (TPSA) is 69.2 Å². The standard InChI is InChI=1S/C18H14.BO3.3Li/c1-3-9-15(10-4-1)17-13-7-8-14-18(17)16-11-5-2-6-12-16;2-1(3)4;;;/h1-14H;;;;/q;-3;3*+1. The molecule has 0 bridgehead atoms. The monoisotopic (exact) mass is 310 g/mol. The SMILES string of the molecule is [Li+].[Li+].[Li+].[O-]B([O-])[O-].c1ccc(-c2ccccc2-c2ccccc2)cc1. The van der Waals surface area contributed by atoms with Gasteiger partial charge in [-0.1, -0.05) is 84.9 Å². The van der Waals surface area contributed by atoms with Crippen LogP contribution >= 0.6 is 0 Å². The summed E-state index contributed by atoms with van der Waals surface area (Å²) < 4.78 is 0.